The first-order valence-corrected chi connectivity index (χ1v) is 11.6. The summed E-state index contributed by atoms with van der Waals surface area (Å²) in [6.07, 6.45) is 3.89. The van der Waals surface area contributed by atoms with E-state index in [2.05, 4.69) is 10.9 Å². The van der Waals surface area contributed by atoms with Crippen LogP contribution in [0.1, 0.15) is 39.4 Å². The summed E-state index contributed by atoms with van der Waals surface area (Å²) in [5.41, 5.74) is 5.92. The molecule has 1 aromatic carbocycles. The van der Waals surface area contributed by atoms with Crippen molar-refractivity contribution in [1.82, 2.24) is 15.2 Å². The van der Waals surface area contributed by atoms with Crippen LogP contribution >= 0.6 is 11.3 Å². The first-order valence-electron chi connectivity index (χ1n) is 9.35. The van der Waals surface area contributed by atoms with Gasteiger partial charge in [-0.05, 0) is 68.0 Å². The van der Waals surface area contributed by atoms with Crippen molar-refractivity contribution in [3.63, 3.8) is 0 Å². The summed E-state index contributed by atoms with van der Waals surface area (Å²) in [4.78, 5) is 26.5. The van der Waals surface area contributed by atoms with Crippen LogP contribution in [0, 0.1) is 5.82 Å². The summed E-state index contributed by atoms with van der Waals surface area (Å²) in [7, 11) is -3.94. The van der Waals surface area contributed by atoms with Gasteiger partial charge in [-0.25, -0.2) is 12.8 Å². The number of thiophene rings is 1. The number of sulfonamides is 1. The van der Waals surface area contributed by atoms with Crippen molar-refractivity contribution in [3.05, 3.63) is 51.5 Å². The van der Waals surface area contributed by atoms with Gasteiger partial charge in [-0.1, -0.05) is 0 Å². The molecule has 29 heavy (non-hydrogen) atoms. The molecule has 2 N–H and O–H groups in total. The van der Waals surface area contributed by atoms with Gasteiger partial charge in [-0.2, -0.15) is 4.31 Å². The molecule has 1 atom stereocenters. The highest BCUT2D eigenvalue weighted by molar-refractivity contribution is 7.89. The SMILES string of the molecule is O=C(NNC(=O)C1CCCN1S(=O)(=O)c1ccc(F)cc1)c1cc2c(s1)CCC2. The molecule has 7 nitrogen and oxygen atoms in total. The number of nitrogens with zero attached hydrogens (tertiary/aromatic N) is 1. The van der Waals surface area contributed by atoms with Crippen molar-refractivity contribution >= 4 is 33.2 Å². The van der Waals surface area contributed by atoms with E-state index in [1.54, 1.807) is 0 Å². The number of aryl methyl sites for hydroxylation is 2. The molecule has 1 aromatic heterocycles. The molecule has 1 unspecified atom stereocenters. The Balaban J connectivity index is 1.42. The normalized spacial score (nSPS) is 19.1. The lowest BCUT2D eigenvalue weighted by Gasteiger charge is -2.23. The largest absolute Gasteiger partial charge is 0.279 e. The van der Waals surface area contributed by atoms with Crippen LogP contribution in [-0.2, 0) is 27.7 Å². The van der Waals surface area contributed by atoms with E-state index in [1.165, 1.54) is 33.9 Å². The Hall–Kier alpha value is -2.30. The lowest BCUT2D eigenvalue weighted by atomic mass is 10.2. The monoisotopic (exact) mass is 437 g/mol. The zero-order chi connectivity index (χ0) is 20.6. The highest BCUT2D eigenvalue weighted by Gasteiger charge is 2.39. The fraction of sp³-hybridized carbons (Fsp3) is 0.368. The molecule has 2 heterocycles. The van der Waals surface area contributed by atoms with Gasteiger partial charge in [0.05, 0.1) is 9.77 Å². The highest BCUT2D eigenvalue weighted by Crippen LogP contribution is 2.30. The number of rotatable bonds is 4. The van der Waals surface area contributed by atoms with Gasteiger partial charge in [0.15, 0.2) is 0 Å². The van der Waals surface area contributed by atoms with Crippen LogP contribution in [0.2, 0.25) is 0 Å². The van der Waals surface area contributed by atoms with E-state index in [1.807, 2.05) is 6.07 Å². The third kappa shape index (κ3) is 3.92. The number of carbonyl (C=O) groups is 2. The number of nitrogens with one attached hydrogen (secondary N) is 2. The minimum Gasteiger partial charge on any atom is -0.271 e. The van der Waals surface area contributed by atoms with E-state index in [0.717, 1.165) is 35.7 Å². The van der Waals surface area contributed by atoms with E-state index in [-0.39, 0.29) is 11.4 Å². The Kier molecular flexibility index (Phi) is 5.41. The second-order valence-corrected chi connectivity index (χ2v) is 10.1. The van der Waals surface area contributed by atoms with Crippen molar-refractivity contribution in [1.29, 1.82) is 0 Å². The molecule has 0 bridgehead atoms. The van der Waals surface area contributed by atoms with Gasteiger partial charge in [0.1, 0.15) is 11.9 Å². The van der Waals surface area contributed by atoms with E-state index < -0.39 is 33.7 Å². The second kappa shape index (κ2) is 7.85. The van der Waals surface area contributed by atoms with Gasteiger partial charge >= 0.3 is 0 Å². The van der Waals surface area contributed by atoms with E-state index in [4.69, 9.17) is 0 Å². The molecule has 2 aromatic rings. The Labute approximate surface area is 171 Å². The number of carbonyl (C=O) groups excluding carboxylic acids is 2. The lowest BCUT2D eigenvalue weighted by Crippen LogP contribution is -2.51. The Morgan fingerprint density at radius 3 is 2.59 bits per heavy atom. The Morgan fingerprint density at radius 1 is 1.10 bits per heavy atom. The number of benzene rings is 1. The number of hydrogen-bond acceptors (Lipinski definition) is 5. The van der Waals surface area contributed by atoms with Gasteiger partial charge in [0.2, 0.25) is 10.0 Å². The van der Waals surface area contributed by atoms with Crippen molar-refractivity contribution in [2.75, 3.05) is 6.54 Å². The van der Waals surface area contributed by atoms with Crippen molar-refractivity contribution in [2.45, 2.75) is 43.0 Å². The average Bonchev–Trinajstić information content (AvgIpc) is 3.41. The third-order valence-electron chi connectivity index (χ3n) is 5.20. The maximum Gasteiger partial charge on any atom is 0.279 e. The van der Waals surface area contributed by atoms with Gasteiger partial charge in [-0.15, -0.1) is 11.3 Å². The zero-order valence-electron chi connectivity index (χ0n) is 15.5. The predicted octanol–water partition coefficient (Wildman–Crippen LogP) is 1.99. The van der Waals surface area contributed by atoms with Gasteiger partial charge in [0.25, 0.3) is 11.8 Å². The van der Waals surface area contributed by atoms with Crippen LogP contribution in [0.3, 0.4) is 0 Å². The molecule has 1 aliphatic carbocycles. The summed E-state index contributed by atoms with van der Waals surface area (Å²) in [6.45, 7) is 0.184. The van der Waals surface area contributed by atoms with Crippen molar-refractivity contribution in [3.8, 4) is 0 Å². The smallest absolute Gasteiger partial charge is 0.271 e. The first kappa shape index (κ1) is 20.0. The van der Waals surface area contributed by atoms with Gasteiger partial charge in [0, 0.05) is 11.4 Å². The first-order chi connectivity index (χ1) is 13.9. The summed E-state index contributed by atoms with van der Waals surface area (Å²) < 4.78 is 39.9. The Morgan fingerprint density at radius 2 is 1.86 bits per heavy atom. The standard InChI is InChI=1S/C19H20FN3O4S2/c20-13-6-8-14(9-7-13)29(26,27)23-10-2-4-15(23)18(24)21-22-19(25)17-11-12-3-1-5-16(12)28-17/h6-9,11,15H,1-5,10H2,(H,21,24)(H,22,25). The summed E-state index contributed by atoms with van der Waals surface area (Å²) in [5.74, 6) is -1.55. The Bertz CT molecular complexity index is 1030. The number of hydrogen-bond donors (Lipinski definition) is 2. The fourth-order valence-electron chi connectivity index (χ4n) is 3.74. The number of hydrazine groups is 1. The molecule has 0 saturated carbocycles. The topological polar surface area (TPSA) is 95.6 Å². The van der Waals surface area contributed by atoms with Crippen molar-refractivity contribution in [2.24, 2.45) is 0 Å². The van der Waals surface area contributed by atoms with Crippen LogP contribution in [0.25, 0.3) is 0 Å². The molecular formula is C19H20FN3O4S2. The van der Waals surface area contributed by atoms with Crippen LogP contribution in [0.4, 0.5) is 4.39 Å². The summed E-state index contributed by atoms with van der Waals surface area (Å²) in [6, 6.07) is 5.40. The molecule has 1 aliphatic heterocycles. The number of amides is 2. The molecule has 0 spiro atoms. The number of halogens is 1. The zero-order valence-corrected chi connectivity index (χ0v) is 17.1. The molecule has 2 aliphatic rings. The van der Waals surface area contributed by atoms with Crippen LogP contribution < -0.4 is 10.9 Å². The average molecular weight is 438 g/mol. The van der Waals surface area contributed by atoms with Crippen LogP contribution in [0.15, 0.2) is 35.2 Å². The quantitative estimate of drug-likeness (QED) is 0.715. The maximum absolute atomic E-state index is 13.1. The van der Waals surface area contributed by atoms with Gasteiger partial charge < -0.3 is 0 Å². The molecule has 1 fully saturated rings. The highest BCUT2D eigenvalue weighted by atomic mass is 32.2. The molecule has 2 amide bonds. The fourth-order valence-corrected chi connectivity index (χ4v) is 6.54. The number of fused-ring (bicyclic) bond motifs is 1. The van der Waals surface area contributed by atoms with Crippen LogP contribution in [0.5, 0.6) is 0 Å². The van der Waals surface area contributed by atoms with E-state index in [0.29, 0.717) is 17.7 Å². The maximum atomic E-state index is 13.1. The van der Waals surface area contributed by atoms with E-state index >= 15 is 0 Å². The molecular weight excluding hydrogens is 417 g/mol. The van der Waals surface area contributed by atoms with E-state index in [9.17, 15) is 22.4 Å². The molecule has 1 saturated heterocycles. The van der Waals surface area contributed by atoms with Gasteiger partial charge in [-0.3, -0.25) is 20.4 Å². The van der Waals surface area contributed by atoms with Crippen molar-refractivity contribution < 1.29 is 22.4 Å². The third-order valence-corrected chi connectivity index (χ3v) is 8.35. The minimum atomic E-state index is -3.94. The summed E-state index contributed by atoms with van der Waals surface area (Å²) >= 11 is 1.42. The lowest BCUT2D eigenvalue weighted by molar-refractivity contribution is -0.125. The predicted molar refractivity (Wildman–Crippen MR) is 105 cm³/mol. The summed E-state index contributed by atoms with van der Waals surface area (Å²) in [5, 5.41) is 0. The molecule has 10 heteroatoms. The molecule has 154 valence electrons. The molecule has 0 radical (unpaired) electrons. The minimum absolute atomic E-state index is 0.0734. The van der Waals surface area contributed by atoms with Crippen LogP contribution in [-0.4, -0.2) is 37.1 Å². The second-order valence-electron chi connectivity index (χ2n) is 7.08. The molecule has 4 rings (SSSR count).